The predicted octanol–water partition coefficient (Wildman–Crippen LogP) is 4.09. The number of carbonyl (C=O) groups is 3. The average molecular weight is 445 g/mol. The van der Waals surface area contributed by atoms with Gasteiger partial charge in [-0.05, 0) is 63.8 Å². The van der Waals surface area contributed by atoms with Gasteiger partial charge in [0.1, 0.15) is 23.1 Å². The minimum Gasteiger partial charge on any atom is -0.508 e. The third kappa shape index (κ3) is 7.75. The molecular weight excluding hydrogens is 408 g/mol. The molecule has 0 aliphatic heterocycles. The Balaban J connectivity index is 3.03. The van der Waals surface area contributed by atoms with Crippen LogP contribution in [0, 0.1) is 17.8 Å². The van der Waals surface area contributed by atoms with Crippen molar-refractivity contribution in [2.24, 2.45) is 17.8 Å². The Bertz CT molecular complexity index is 922. The van der Waals surface area contributed by atoms with E-state index in [4.69, 9.17) is 0 Å². The molecule has 0 aliphatic carbocycles. The molecule has 0 spiro atoms. The molecule has 1 rings (SSSR count). The molecule has 6 nitrogen and oxygen atoms in total. The summed E-state index contributed by atoms with van der Waals surface area (Å²) >= 11 is 0. The van der Waals surface area contributed by atoms with Gasteiger partial charge in [0, 0.05) is 24.3 Å². The van der Waals surface area contributed by atoms with Crippen LogP contribution in [0.15, 0.2) is 35.4 Å². The number of allylic oxidation sites excluding steroid dienone is 3. The largest absolute Gasteiger partial charge is 0.508 e. The Kier molecular flexibility index (Phi) is 10.0. The summed E-state index contributed by atoms with van der Waals surface area (Å²) < 4.78 is 0. The van der Waals surface area contributed by atoms with E-state index < -0.39 is 17.9 Å². The van der Waals surface area contributed by atoms with Crippen molar-refractivity contribution in [3.63, 3.8) is 0 Å². The van der Waals surface area contributed by atoms with Crippen molar-refractivity contribution in [3.05, 3.63) is 46.6 Å². The minimum atomic E-state index is -0.862. The van der Waals surface area contributed by atoms with Gasteiger partial charge < -0.3 is 15.3 Å². The van der Waals surface area contributed by atoms with E-state index in [2.05, 4.69) is 0 Å². The van der Waals surface area contributed by atoms with E-state index in [0.29, 0.717) is 16.7 Å². The molecule has 0 amide bonds. The predicted molar refractivity (Wildman–Crippen MR) is 125 cm³/mol. The quantitative estimate of drug-likeness (QED) is 0.269. The highest BCUT2D eigenvalue weighted by Crippen LogP contribution is 2.31. The zero-order chi connectivity index (χ0) is 24.7. The molecular formula is C26H36O6. The summed E-state index contributed by atoms with van der Waals surface area (Å²) in [7, 11) is 0. The number of phenols is 2. The number of rotatable bonds is 11. The normalized spacial score (nSPS) is 16.2. The molecule has 32 heavy (non-hydrogen) atoms. The molecule has 0 saturated carbocycles. The lowest BCUT2D eigenvalue weighted by Gasteiger charge is -2.19. The lowest BCUT2D eigenvalue weighted by molar-refractivity contribution is -0.132. The SMILES string of the molecule is CC(=O)Cc1cc(O)cc(O)c1CC(C)C(=O)C(C)C(=O)C(C)=CC(C)=CC(C)C(C)O. The standard InChI is InChI=1S/C26H36O6/c1-14(8-15(2)20(7)28)9-16(3)25(31)19(6)26(32)17(4)10-23-21(11-18(5)27)12-22(29)13-24(23)30/h8-9,12-13,15,17,19-20,28-30H,10-11H2,1-7H3. The molecule has 6 heteroatoms. The van der Waals surface area contributed by atoms with Crippen LogP contribution in [0.1, 0.15) is 59.6 Å². The van der Waals surface area contributed by atoms with E-state index in [-0.39, 0.29) is 47.6 Å². The Labute approximate surface area is 190 Å². The van der Waals surface area contributed by atoms with Gasteiger partial charge in [0.05, 0.1) is 12.0 Å². The molecule has 1 aromatic carbocycles. The van der Waals surface area contributed by atoms with E-state index in [1.54, 1.807) is 33.8 Å². The molecule has 0 radical (unpaired) electrons. The second-order valence-corrected chi connectivity index (χ2v) is 8.91. The van der Waals surface area contributed by atoms with Crippen LogP contribution in [0.3, 0.4) is 0 Å². The highest BCUT2D eigenvalue weighted by Gasteiger charge is 2.28. The zero-order valence-corrected chi connectivity index (χ0v) is 20.1. The second kappa shape index (κ2) is 11.8. The summed E-state index contributed by atoms with van der Waals surface area (Å²) in [5, 5.41) is 29.7. The smallest absolute Gasteiger partial charge is 0.168 e. The number of aliphatic hydroxyl groups excluding tert-OH is 1. The molecule has 4 atom stereocenters. The zero-order valence-electron chi connectivity index (χ0n) is 20.1. The van der Waals surface area contributed by atoms with Gasteiger partial charge in [-0.1, -0.05) is 31.6 Å². The highest BCUT2D eigenvalue weighted by atomic mass is 16.3. The van der Waals surface area contributed by atoms with Crippen molar-refractivity contribution in [1.29, 1.82) is 0 Å². The number of aliphatic hydroxyl groups is 1. The molecule has 3 N–H and O–H groups in total. The molecule has 1 aromatic rings. The fourth-order valence-corrected chi connectivity index (χ4v) is 3.68. The Hall–Kier alpha value is -2.73. The number of benzene rings is 1. The minimum absolute atomic E-state index is 0.0328. The van der Waals surface area contributed by atoms with Gasteiger partial charge in [0.25, 0.3) is 0 Å². The first-order valence-electron chi connectivity index (χ1n) is 10.9. The number of ketones is 3. The highest BCUT2D eigenvalue weighted by molar-refractivity contribution is 6.10. The molecule has 0 fully saturated rings. The van der Waals surface area contributed by atoms with Crippen LogP contribution in [0.25, 0.3) is 0 Å². The van der Waals surface area contributed by atoms with E-state index >= 15 is 0 Å². The van der Waals surface area contributed by atoms with Gasteiger partial charge in [-0.3, -0.25) is 14.4 Å². The van der Waals surface area contributed by atoms with E-state index in [1.165, 1.54) is 19.1 Å². The van der Waals surface area contributed by atoms with Crippen LogP contribution in [0.2, 0.25) is 0 Å². The van der Waals surface area contributed by atoms with E-state index in [0.717, 1.165) is 5.57 Å². The maximum atomic E-state index is 13.0. The summed E-state index contributed by atoms with van der Waals surface area (Å²) in [5.41, 5.74) is 2.18. The van der Waals surface area contributed by atoms with E-state index in [9.17, 15) is 29.7 Å². The molecule has 0 bridgehead atoms. The average Bonchev–Trinajstić information content (AvgIpc) is 2.67. The van der Waals surface area contributed by atoms with Crippen LogP contribution in [0.4, 0.5) is 0 Å². The van der Waals surface area contributed by atoms with Gasteiger partial charge in [0.15, 0.2) is 5.78 Å². The fraction of sp³-hybridized carbons (Fsp3) is 0.500. The van der Waals surface area contributed by atoms with Gasteiger partial charge in [-0.25, -0.2) is 0 Å². The van der Waals surface area contributed by atoms with Crippen LogP contribution < -0.4 is 0 Å². The van der Waals surface area contributed by atoms with Gasteiger partial charge in [-0.15, -0.1) is 0 Å². The second-order valence-electron chi connectivity index (χ2n) is 8.91. The van der Waals surface area contributed by atoms with Crippen LogP contribution in [0.5, 0.6) is 11.5 Å². The third-order valence-corrected chi connectivity index (χ3v) is 5.68. The van der Waals surface area contributed by atoms with Crippen molar-refractivity contribution in [1.82, 2.24) is 0 Å². The van der Waals surface area contributed by atoms with Gasteiger partial charge in [-0.2, -0.15) is 0 Å². The van der Waals surface area contributed by atoms with E-state index in [1.807, 2.05) is 19.9 Å². The van der Waals surface area contributed by atoms with Crippen molar-refractivity contribution < 1.29 is 29.7 Å². The van der Waals surface area contributed by atoms with Gasteiger partial charge >= 0.3 is 0 Å². The Morgan fingerprint density at radius 3 is 2.12 bits per heavy atom. The number of Topliss-reactive ketones (excluding diaryl/α,β-unsaturated/α-hetero) is 3. The molecule has 4 unspecified atom stereocenters. The van der Waals surface area contributed by atoms with Crippen molar-refractivity contribution in [3.8, 4) is 11.5 Å². The van der Waals surface area contributed by atoms with Crippen LogP contribution in [-0.2, 0) is 27.2 Å². The number of phenolic OH excluding ortho intramolecular Hbond substituents is 2. The maximum Gasteiger partial charge on any atom is 0.168 e. The summed E-state index contributed by atoms with van der Waals surface area (Å²) in [6, 6.07) is 2.60. The molecule has 0 aliphatic rings. The van der Waals surface area contributed by atoms with Crippen LogP contribution >= 0.6 is 0 Å². The number of carbonyl (C=O) groups excluding carboxylic acids is 3. The monoisotopic (exact) mass is 444 g/mol. The lowest BCUT2D eigenvalue weighted by Crippen LogP contribution is -2.28. The topological polar surface area (TPSA) is 112 Å². The Morgan fingerprint density at radius 2 is 1.59 bits per heavy atom. The summed E-state index contributed by atoms with van der Waals surface area (Å²) in [6.45, 7) is 11.8. The molecule has 0 aromatic heterocycles. The Morgan fingerprint density at radius 1 is 1.00 bits per heavy atom. The van der Waals surface area contributed by atoms with Crippen molar-refractivity contribution >= 4 is 17.3 Å². The van der Waals surface area contributed by atoms with Gasteiger partial charge in [0.2, 0.25) is 0 Å². The molecule has 0 saturated heterocycles. The maximum absolute atomic E-state index is 13.0. The molecule has 176 valence electrons. The first kappa shape index (κ1) is 27.3. The summed E-state index contributed by atoms with van der Waals surface area (Å²) in [5.74, 6) is -2.50. The third-order valence-electron chi connectivity index (χ3n) is 5.68. The van der Waals surface area contributed by atoms with Crippen LogP contribution in [-0.4, -0.2) is 38.8 Å². The fourth-order valence-electron chi connectivity index (χ4n) is 3.68. The first-order chi connectivity index (χ1) is 14.7. The van der Waals surface area contributed by atoms with Crippen molar-refractivity contribution in [2.45, 2.75) is 67.4 Å². The molecule has 0 heterocycles. The summed E-state index contributed by atoms with van der Waals surface area (Å²) in [4.78, 5) is 37.4. The number of aromatic hydroxyl groups is 2. The number of hydrogen-bond acceptors (Lipinski definition) is 6. The first-order valence-corrected chi connectivity index (χ1v) is 10.9. The van der Waals surface area contributed by atoms with Crippen molar-refractivity contribution in [2.75, 3.05) is 0 Å². The number of hydrogen-bond donors (Lipinski definition) is 3. The lowest BCUT2D eigenvalue weighted by atomic mass is 9.84. The summed E-state index contributed by atoms with van der Waals surface area (Å²) in [6.07, 6.45) is 3.27.